The van der Waals surface area contributed by atoms with E-state index in [1.54, 1.807) is 37.3 Å². The fourth-order valence-corrected chi connectivity index (χ4v) is 2.65. The molecule has 3 rings (SSSR count). The number of hydrogen-bond donors (Lipinski definition) is 1. The molecule has 2 aromatic carbocycles. The number of ketones is 1. The molecule has 0 radical (unpaired) electrons. The second-order valence-electron chi connectivity index (χ2n) is 5.31. The average Bonchev–Trinajstić information content (AvgIpc) is 2.89. The van der Waals surface area contributed by atoms with Gasteiger partial charge in [0.25, 0.3) is 5.56 Å². The van der Waals surface area contributed by atoms with Crippen LogP contribution in [0.2, 0.25) is 5.02 Å². The van der Waals surface area contributed by atoms with Gasteiger partial charge in [-0.2, -0.15) is 0 Å². The fraction of sp³-hybridized carbons (Fsp3) is 0.0526. The number of allylic oxidation sites excluding steroid dienone is 1. The molecule has 4 nitrogen and oxygen atoms in total. The largest absolute Gasteiger partial charge is 0.295 e. The van der Waals surface area contributed by atoms with Gasteiger partial charge in [-0.15, -0.1) is 0 Å². The van der Waals surface area contributed by atoms with E-state index in [1.807, 2.05) is 30.3 Å². The van der Waals surface area contributed by atoms with E-state index >= 15 is 0 Å². The number of aromatic amines is 1. The van der Waals surface area contributed by atoms with Crippen molar-refractivity contribution in [2.24, 2.45) is 0 Å². The lowest BCUT2D eigenvalue weighted by Crippen LogP contribution is -2.19. The summed E-state index contributed by atoms with van der Waals surface area (Å²) >= 11 is 6.07. The molecular weight excluding hydrogens is 324 g/mol. The van der Waals surface area contributed by atoms with Crippen LogP contribution in [0.25, 0.3) is 11.8 Å². The maximum absolute atomic E-state index is 12.6. The molecule has 0 aliphatic rings. The number of H-pyrrole nitrogens is 1. The Balaban J connectivity index is 1.96. The second kappa shape index (κ2) is 6.72. The third kappa shape index (κ3) is 3.09. The lowest BCUT2D eigenvalue weighted by Gasteiger charge is -1.99. The highest BCUT2D eigenvalue weighted by Gasteiger charge is 2.17. The van der Waals surface area contributed by atoms with Crippen LogP contribution in [-0.2, 0) is 0 Å². The molecule has 0 spiro atoms. The maximum atomic E-state index is 12.6. The normalized spacial score (nSPS) is 11.1. The van der Waals surface area contributed by atoms with E-state index < -0.39 is 0 Å². The van der Waals surface area contributed by atoms with Gasteiger partial charge >= 0.3 is 0 Å². The van der Waals surface area contributed by atoms with Crippen LogP contribution in [0.4, 0.5) is 0 Å². The van der Waals surface area contributed by atoms with Crippen molar-refractivity contribution in [3.8, 4) is 5.69 Å². The molecule has 3 aromatic rings. The van der Waals surface area contributed by atoms with Gasteiger partial charge in [-0.1, -0.05) is 48.0 Å². The molecule has 0 aliphatic heterocycles. The Morgan fingerprint density at radius 1 is 1.08 bits per heavy atom. The first kappa shape index (κ1) is 16.0. The first-order valence-electron chi connectivity index (χ1n) is 7.42. The van der Waals surface area contributed by atoms with Crippen molar-refractivity contribution >= 4 is 23.5 Å². The summed E-state index contributed by atoms with van der Waals surface area (Å²) in [5.41, 5.74) is 1.69. The Labute approximate surface area is 144 Å². The lowest BCUT2D eigenvalue weighted by molar-refractivity contribution is 0.104. The Bertz CT molecular complexity index is 969. The van der Waals surface area contributed by atoms with Crippen molar-refractivity contribution in [2.75, 3.05) is 0 Å². The van der Waals surface area contributed by atoms with Crippen LogP contribution in [0.15, 0.2) is 65.5 Å². The summed E-state index contributed by atoms with van der Waals surface area (Å²) in [4.78, 5) is 25.0. The summed E-state index contributed by atoms with van der Waals surface area (Å²) in [5.74, 6) is -0.358. The van der Waals surface area contributed by atoms with Crippen molar-refractivity contribution in [3.63, 3.8) is 0 Å². The van der Waals surface area contributed by atoms with E-state index in [4.69, 9.17) is 11.6 Å². The third-order valence-corrected chi connectivity index (χ3v) is 4.00. The summed E-state index contributed by atoms with van der Waals surface area (Å²) < 4.78 is 1.37. The number of carbonyl (C=O) groups excluding carboxylic acids is 1. The van der Waals surface area contributed by atoms with Crippen molar-refractivity contribution in [1.29, 1.82) is 0 Å². The van der Waals surface area contributed by atoms with Crippen LogP contribution in [0.5, 0.6) is 0 Å². The number of halogens is 1. The predicted molar refractivity (Wildman–Crippen MR) is 95.9 cm³/mol. The number of rotatable bonds is 4. The van der Waals surface area contributed by atoms with Gasteiger partial charge in [0.15, 0.2) is 5.78 Å². The molecule has 0 aliphatic carbocycles. The minimum Gasteiger partial charge on any atom is -0.295 e. The van der Waals surface area contributed by atoms with Gasteiger partial charge in [-0.25, -0.2) is 4.68 Å². The number of hydrogen-bond acceptors (Lipinski definition) is 2. The Morgan fingerprint density at radius 2 is 1.75 bits per heavy atom. The number of nitrogens with zero attached hydrogens (tertiary/aromatic N) is 1. The summed E-state index contributed by atoms with van der Waals surface area (Å²) in [7, 11) is 0. The number of aryl methyl sites for hydroxylation is 1. The number of nitrogens with one attached hydrogen (secondary N) is 1. The zero-order valence-corrected chi connectivity index (χ0v) is 13.7. The van der Waals surface area contributed by atoms with E-state index in [1.165, 1.54) is 10.8 Å². The van der Waals surface area contributed by atoms with Crippen molar-refractivity contribution in [3.05, 3.63) is 92.9 Å². The number of aromatic nitrogens is 2. The van der Waals surface area contributed by atoms with Crippen LogP contribution in [0.1, 0.15) is 21.6 Å². The van der Waals surface area contributed by atoms with Gasteiger partial charge in [0, 0.05) is 10.7 Å². The molecule has 24 heavy (non-hydrogen) atoms. The second-order valence-corrected chi connectivity index (χ2v) is 5.71. The first-order chi connectivity index (χ1) is 11.6. The number of carbonyl (C=O) groups is 1. The molecule has 0 unspecified atom stereocenters. The quantitative estimate of drug-likeness (QED) is 0.577. The molecule has 5 heteroatoms. The highest BCUT2D eigenvalue weighted by atomic mass is 35.5. The van der Waals surface area contributed by atoms with Gasteiger partial charge in [-0.3, -0.25) is 14.7 Å². The van der Waals surface area contributed by atoms with Gasteiger partial charge < -0.3 is 0 Å². The first-order valence-corrected chi connectivity index (χ1v) is 7.79. The molecule has 0 bridgehead atoms. The Kier molecular flexibility index (Phi) is 4.49. The zero-order valence-electron chi connectivity index (χ0n) is 13.0. The molecule has 0 atom stereocenters. The van der Waals surface area contributed by atoms with Gasteiger partial charge in [0.2, 0.25) is 0 Å². The van der Waals surface area contributed by atoms with E-state index in [9.17, 15) is 9.59 Å². The van der Waals surface area contributed by atoms with Gasteiger partial charge in [0.05, 0.1) is 5.69 Å². The van der Waals surface area contributed by atoms with Crippen LogP contribution < -0.4 is 5.56 Å². The number of para-hydroxylation sites is 1. The minimum atomic E-state index is -0.368. The minimum absolute atomic E-state index is 0.127. The fourth-order valence-electron chi connectivity index (χ4n) is 2.45. The Morgan fingerprint density at radius 3 is 2.46 bits per heavy atom. The molecule has 1 aromatic heterocycles. The zero-order chi connectivity index (χ0) is 17.1. The van der Waals surface area contributed by atoms with Crippen molar-refractivity contribution in [2.45, 2.75) is 6.92 Å². The molecular formula is C19H15ClN2O2. The molecule has 0 saturated heterocycles. The van der Waals surface area contributed by atoms with Gasteiger partial charge in [0.1, 0.15) is 5.56 Å². The predicted octanol–water partition coefficient (Wildman–Crippen LogP) is 4.02. The van der Waals surface area contributed by atoms with Crippen molar-refractivity contribution in [1.82, 2.24) is 9.78 Å². The van der Waals surface area contributed by atoms with E-state index in [0.717, 1.165) is 5.56 Å². The van der Waals surface area contributed by atoms with E-state index in [-0.39, 0.29) is 16.9 Å². The monoisotopic (exact) mass is 338 g/mol. The van der Waals surface area contributed by atoms with Crippen LogP contribution in [0.3, 0.4) is 0 Å². The molecule has 1 N–H and O–H groups in total. The van der Waals surface area contributed by atoms with Crippen LogP contribution >= 0.6 is 11.6 Å². The molecule has 0 amide bonds. The average molecular weight is 339 g/mol. The standard InChI is InChI=1S/C19H15ClN2O2/c1-13-18(17(23)12-11-14-7-5-6-10-16(14)20)19(24)22(21-13)15-8-3-2-4-9-15/h2-12,21H,1H3/b12-11+. The third-order valence-electron chi connectivity index (χ3n) is 3.65. The SMILES string of the molecule is Cc1[nH]n(-c2ccccc2)c(=O)c1C(=O)/C=C/c1ccccc1Cl. The van der Waals surface area contributed by atoms with Crippen LogP contribution in [0, 0.1) is 6.92 Å². The lowest BCUT2D eigenvalue weighted by atomic mass is 10.1. The van der Waals surface area contributed by atoms with E-state index in [2.05, 4.69) is 5.10 Å². The summed E-state index contributed by atoms with van der Waals surface area (Å²) in [6.07, 6.45) is 2.98. The van der Waals surface area contributed by atoms with E-state index in [0.29, 0.717) is 16.4 Å². The smallest absolute Gasteiger partial charge is 0.282 e. The van der Waals surface area contributed by atoms with Crippen LogP contribution in [-0.4, -0.2) is 15.6 Å². The van der Waals surface area contributed by atoms with Crippen molar-refractivity contribution < 1.29 is 4.79 Å². The number of benzene rings is 2. The molecule has 120 valence electrons. The molecule has 1 heterocycles. The summed E-state index contributed by atoms with van der Waals surface area (Å²) in [6.45, 7) is 1.71. The topological polar surface area (TPSA) is 54.9 Å². The summed E-state index contributed by atoms with van der Waals surface area (Å²) in [6, 6.07) is 16.3. The highest BCUT2D eigenvalue weighted by Crippen LogP contribution is 2.17. The van der Waals surface area contributed by atoms with Gasteiger partial charge in [-0.05, 0) is 42.8 Å². The molecule has 0 fully saturated rings. The summed E-state index contributed by atoms with van der Waals surface area (Å²) in [5, 5.41) is 3.49. The Hall–Kier alpha value is -2.85. The highest BCUT2D eigenvalue weighted by molar-refractivity contribution is 6.32. The maximum Gasteiger partial charge on any atom is 0.282 e. The molecule has 0 saturated carbocycles.